The second-order valence-electron chi connectivity index (χ2n) is 15.1. The Morgan fingerprint density at radius 1 is 1.20 bits per heavy atom. The largest absolute Gasteiger partial charge is 0.457 e. The van der Waals surface area contributed by atoms with Crippen LogP contribution in [-0.4, -0.2) is 124 Å². The van der Waals surface area contributed by atoms with E-state index in [2.05, 4.69) is 18.7 Å². The summed E-state index contributed by atoms with van der Waals surface area (Å²) in [6, 6.07) is 0.401. The summed E-state index contributed by atoms with van der Waals surface area (Å²) in [5.74, 6) is -0.838. The van der Waals surface area contributed by atoms with Crippen molar-refractivity contribution < 1.29 is 43.9 Å². The normalized spacial score (nSPS) is 33.6. The molecule has 0 aliphatic carbocycles. The lowest BCUT2D eigenvalue weighted by Crippen LogP contribution is -2.47. The highest BCUT2D eigenvalue weighted by molar-refractivity contribution is 5.70. The maximum Gasteiger partial charge on any atom is 0.410 e. The van der Waals surface area contributed by atoms with E-state index in [9.17, 15) is 24.9 Å². The number of carbonyl (C=O) groups is 2. The van der Waals surface area contributed by atoms with Gasteiger partial charge in [-0.05, 0) is 72.0 Å². The number of cyclic esters (lactones) is 1. The average molecular weight is 693 g/mol. The number of carbonyl (C=O) groups excluding carboxylic acids is 2. The van der Waals surface area contributed by atoms with Crippen molar-refractivity contribution in [3.63, 3.8) is 0 Å². The Morgan fingerprint density at radius 2 is 1.92 bits per heavy atom. The third-order valence-corrected chi connectivity index (χ3v) is 10.6. The summed E-state index contributed by atoms with van der Waals surface area (Å²) in [5.41, 5.74) is -1.35. The van der Waals surface area contributed by atoms with E-state index >= 15 is 0 Å². The number of nitrogens with zero attached hydrogens (tertiary/aromatic N) is 2. The van der Waals surface area contributed by atoms with Gasteiger partial charge in [0.2, 0.25) is 0 Å². The number of aliphatic hydroxyl groups is 3. The van der Waals surface area contributed by atoms with Gasteiger partial charge in [0.05, 0.1) is 36.4 Å². The van der Waals surface area contributed by atoms with Gasteiger partial charge in [0, 0.05) is 57.6 Å². The minimum atomic E-state index is -1.14. The van der Waals surface area contributed by atoms with Crippen molar-refractivity contribution in [2.45, 2.75) is 148 Å². The zero-order chi connectivity index (χ0) is 36.5. The first-order valence-corrected chi connectivity index (χ1v) is 18.2. The maximum absolute atomic E-state index is 13.5. The second-order valence-corrected chi connectivity index (χ2v) is 15.1. The fourth-order valence-corrected chi connectivity index (χ4v) is 6.83. The molecule has 2 saturated heterocycles. The summed E-state index contributed by atoms with van der Waals surface area (Å²) in [6.07, 6.45) is 7.87. The van der Waals surface area contributed by atoms with Gasteiger partial charge in [0.15, 0.2) is 6.10 Å². The number of aliphatic hydroxyl groups excluding tert-OH is 2. The van der Waals surface area contributed by atoms with Crippen LogP contribution in [0, 0.1) is 11.8 Å². The first kappa shape index (κ1) is 41.1. The molecule has 10 atom stereocenters. The van der Waals surface area contributed by atoms with Crippen molar-refractivity contribution in [1.29, 1.82) is 0 Å². The zero-order valence-corrected chi connectivity index (χ0v) is 31.3. The van der Waals surface area contributed by atoms with E-state index in [1.807, 2.05) is 52.8 Å². The van der Waals surface area contributed by atoms with Gasteiger partial charge in [-0.15, -0.1) is 0 Å². The molecule has 3 aliphatic heterocycles. The summed E-state index contributed by atoms with van der Waals surface area (Å²) in [5, 5.41) is 32.0. The Labute approximate surface area is 294 Å². The Bertz CT molecular complexity index is 1170. The van der Waals surface area contributed by atoms with Crippen LogP contribution in [-0.2, 0) is 23.7 Å². The highest BCUT2D eigenvalue weighted by Crippen LogP contribution is 2.37. The Kier molecular flexibility index (Phi) is 15.4. The molecule has 0 bridgehead atoms. The fourth-order valence-electron chi connectivity index (χ4n) is 6.83. The topological polar surface area (TPSA) is 142 Å². The van der Waals surface area contributed by atoms with Gasteiger partial charge in [0.1, 0.15) is 11.7 Å². The number of hydrogen-bond donors (Lipinski definition) is 3. The monoisotopic (exact) mass is 692 g/mol. The molecule has 2 fully saturated rings. The van der Waals surface area contributed by atoms with Gasteiger partial charge < -0.3 is 39.2 Å². The summed E-state index contributed by atoms with van der Waals surface area (Å²) in [6.45, 7) is 18.5. The number of hydrogen-bond acceptors (Lipinski definition) is 10. The molecule has 1 amide bonds. The lowest BCUT2D eigenvalue weighted by molar-refractivity contribution is -0.151. The molecule has 280 valence electrons. The molecular formula is C38H64N2O9. The van der Waals surface area contributed by atoms with E-state index in [1.165, 1.54) is 0 Å². The number of amides is 1. The number of epoxide rings is 1. The van der Waals surface area contributed by atoms with Crippen LogP contribution < -0.4 is 0 Å². The zero-order valence-electron chi connectivity index (χ0n) is 31.3. The fraction of sp³-hybridized carbons (Fsp3) is 0.789. The van der Waals surface area contributed by atoms with Crippen molar-refractivity contribution in [1.82, 2.24) is 9.80 Å². The number of esters is 1. The van der Waals surface area contributed by atoms with E-state index in [0.717, 1.165) is 25.1 Å². The minimum Gasteiger partial charge on any atom is -0.457 e. The number of methoxy groups -OCH3 is 1. The van der Waals surface area contributed by atoms with Crippen molar-refractivity contribution in [2.24, 2.45) is 11.8 Å². The van der Waals surface area contributed by atoms with Crippen LogP contribution in [0.4, 0.5) is 4.79 Å². The van der Waals surface area contributed by atoms with Crippen LogP contribution in [0.5, 0.6) is 0 Å². The third kappa shape index (κ3) is 12.2. The van der Waals surface area contributed by atoms with Crippen LogP contribution in [0.3, 0.4) is 0 Å². The van der Waals surface area contributed by atoms with E-state index in [1.54, 1.807) is 31.1 Å². The van der Waals surface area contributed by atoms with E-state index in [0.29, 0.717) is 38.4 Å². The SMILES string of the molecule is CCC(O)C(C)C1OC1CC(C)(O)C=CC=C(C)C1OC(=O)CC(O)CCC(C)(OC)C(OC(=O)N2CCCN(C(C)C)CC2)C=CC1C. The van der Waals surface area contributed by atoms with Crippen LogP contribution in [0.1, 0.15) is 93.9 Å². The highest BCUT2D eigenvalue weighted by atomic mass is 16.6. The van der Waals surface area contributed by atoms with E-state index in [4.69, 9.17) is 18.9 Å². The van der Waals surface area contributed by atoms with Crippen molar-refractivity contribution >= 4 is 12.1 Å². The molecule has 0 radical (unpaired) electrons. The van der Waals surface area contributed by atoms with Crippen LogP contribution in [0.15, 0.2) is 36.0 Å². The predicted molar refractivity (Wildman–Crippen MR) is 189 cm³/mol. The lowest BCUT2D eigenvalue weighted by Gasteiger charge is -2.37. The minimum absolute atomic E-state index is 0.00405. The number of rotatable bonds is 11. The summed E-state index contributed by atoms with van der Waals surface area (Å²) in [7, 11) is 1.57. The molecule has 3 N–H and O–H groups in total. The lowest BCUT2D eigenvalue weighted by atomic mass is 9.88. The van der Waals surface area contributed by atoms with Crippen LogP contribution in [0.25, 0.3) is 0 Å². The molecular weight excluding hydrogens is 628 g/mol. The van der Waals surface area contributed by atoms with Gasteiger partial charge in [-0.25, -0.2) is 4.79 Å². The summed E-state index contributed by atoms with van der Waals surface area (Å²) in [4.78, 5) is 30.6. The number of ether oxygens (including phenoxy) is 4. The average Bonchev–Trinajstić information content (AvgIpc) is 3.85. The Balaban J connectivity index is 1.78. The quantitative estimate of drug-likeness (QED) is 0.120. The first-order chi connectivity index (χ1) is 23.0. The molecule has 3 heterocycles. The van der Waals surface area contributed by atoms with Gasteiger partial charge in [-0.1, -0.05) is 45.1 Å². The van der Waals surface area contributed by atoms with Gasteiger partial charge in [0.25, 0.3) is 0 Å². The molecule has 3 aliphatic rings. The molecule has 11 nitrogen and oxygen atoms in total. The number of allylic oxidation sites excluding steroid dienone is 2. The molecule has 3 rings (SSSR count). The van der Waals surface area contributed by atoms with Gasteiger partial charge in [-0.3, -0.25) is 9.69 Å². The first-order valence-electron chi connectivity index (χ1n) is 18.2. The third-order valence-electron chi connectivity index (χ3n) is 10.6. The molecule has 0 aromatic rings. The standard InChI is InChI=1S/C38H64N2O9/c1-10-30(42)28(6)35-31(47-35)24-37(7,45)17-11-13-26(4)34-27(5)14-15-32(38(8,46-9)18-16-29(41)23-33(43)49-34)48-36(44)40-20-12-19-39(21-22-40)25(2)3/h11,13-15,17,25,27-32,34-35,41-42,45H,10,12,16,18-24H2,1-9H3. The molecule has 0 aromatic heterocycles. The van der Waals surface area contributed by atoms with E-state index < -0.39 is 47.7 Å². The molecule has 0 saturated carbocycles. The smallest absolute Gasteiger partial charge is 0.410 e. The highest BCUT2D eigenvalue weighted by Gasteiger charge is 2.47. The summed E-state index contributed by atoms with van der Waals surface area (Å²) >= 11 is 0. The van der Waals surface area contributed by atoms with Crippen molar-refractivity contribution in [2.75, 3.05) is 33.3 Å². The van der Waals surface area contributed by atoms with Crippen molar-refractivity contribution in [3.8, 4) is 0 Å². The van der Waals surface area contributed by atoms with Gasteiger partial charge in [-0.2, -0.15) is 0 Å². The molecule has 10 unspecified atom stereocenters. The second kappa shape index (κ2) is 18.3. The molecule has 49 heavy (non-hydrogen) atoms. The van der Waals surface area contributed by atoms with E-state index in [-0.39, 0.29) is 36.9 Å². The Hall–Kier alpha value is -2.28. The van der Waals surface area contributed by atoms with Crippen molar-refractivity contribution in [3.05, 3.63) is 36.0 Å². The van der Waals surface area contributed by atoms with Crippen LogP contribution in [0.2, 0.25) is 0 Å². The molecule has 0 aromatic carbocycles. The van der Waals surface area contributed by atoms with Crippen LogP contribution >= 0.6 is 0 Å². The maximum atomic E-state index is 13.5. The molecule has 11 heteroatoms. The van der Waals surface area contributed by atoms with Gasteiger partial charge >= 0.3 is 12.1 Å². The summed E-state index contributed by atoms with van der Waals surface area (Å²) < 4.78 is 23.8. The Morgan fingerprint density at radius 3 is 2.57 bits per heavy atom. The molecule has 0 spiro atoms. The predicted octanol–water partition coefficient (Wildman–Crippen LogP) is 4.78.